The number of anilines is 1. The highest BCUT2D eigenvalue weighted by Gasteiger charge is 2.25. The van der Waals surface area contributed by atoms with Crippen LogP contribution in [0.15, 0.2) is 24.3 Å². The summed E-state index contributed by atoms with van der Waals surface area (Å²) in [5.41, 5.74) is 2.50. The van der Waals surface area contributed by atoms with Gasteiger partial charge in [0.1, 0.15) is 0 Å². The zero-order chi connectivity index (χ0) is 9.26. The van der Waals surface area contributed by atoms with Crippen LogP contribution in [0.5, 0.6) is 0 Å². The van der Waals surface area contributed by atoms with Gasteiger partial charge in [0, 0.05) is 30.8 Å². The molecule has 1 aliphatic heterocycles. The van der Waals surface area contributed by atoms with Gasteiger partial charge in [-0.25, -0.2) is 0 Å². The van der Waals surface area contributed by atoms with E-state index in [1.807, 2.05) is 0 Å². The lowest BCUT2D eigenvalue weighted by Gasteiger charge is -2.31. The molecule has 1 aromatic carbocycles. The van der Waals surface area contributed by atoms with E-state index in [4.69, 9.17) is 4.74 Å². The maximum atomic E-state index is 5.49. The van der Waals surface area contributed by atoms with Crippen LogP contribution in [0.1, 0.15) is 18.6 Å². The van der Waals surface area contributed by atoms with E-state index in [-0.39, 0.29) is 6.10 Å². The molecule has 0 amide bonds. The highest BCUT2D eigenvalue weighted by atomic mass is 16.5. The molecule has 0 aliphatic carbocycles. The molecule has 2 rings (SSSR count). The Morgan fingerprint density at radius 2 is 2.15 bits per heavy atom. The molecule has 2 heteroatoms. The van der Waals surface area contributed by atoms with Gasteiger partial charge in [0.25, 0.3) is 0 Å². The van der Waals surface area contributed by atoms with Crippen molar-refractivity contribution in [1.82, 2.24) is 0 Å². The summed E-state index contributed by atoms with van der Waals surface area (Å²) in [6.07, 6.45) is 0.248. The predicted octanol–water partition coefficient (Wildman–Crippen LogP) is 2.44. The first kappa shape index (κ1) is 8.57. The maximum absolute atomic E-state index is 5.49. The van der Waals surface area contributed by atoms with Crippen LogP contribution in [-0.2, 0) is 4.74 Å². The third-order valence-electron chi connectivity index (χ3n) is 2.65. The second-order valence-electron chi connectivity index (χ2n) is 3.60. The lowest BCUT2D eigenvalue weighted by Crippen LogP contribution is -2.26. The molecule has 2 atom stereocenters. The Balaban J connectivity index is 2.39. The molecule has 70 valence electrons. The summed E-state index contributed by atoms with van der Waals surface area (Å²) in [6.45, 7) is 3.20. The van der Waals surface area contributed by atoms with Crippen molar-refractivity contribution in [3.63, 3.8) is 0 Å². The Labute approximate surface area is 78.9 Å². The number of nitrogens with one attached hydrogen (secondary N) is 1. The van der Waals surface area contributed by atoms with Crippen LogP contribution >= 0.6 is 0 Å². The molecule has 0 spiro atoms. The molecule has 0 aromatic heterocycles. The van der Waals surface area contributed by atoms with Crippen molar-refractivity contribution >= 4 is 5.69 Å². The summed E-state index contributed by atoms with van der Waals surface area (Å²) >= 11 is 0. The topological polar surface area (TPSA) is 21.3 Å². The zero-order valence-electron chi connectivity index (χ0n) is 8.08. The first-order valence-electron chi connectivity index (χ1n) is 4.68. The summed E-state index contributed by atoms with van der Waals surface area (Å²) in [5, 5.41) is 3.40. The quantitative estimate of drug-likeness (QED) is 0.711. The minimum Gasteiger partial charge on any atom is -0.384 e. The molecule has 1 heterocycles. The minimum atomic E-state index is 0.248. The van der Waals surface area contributed by atoms with Gasteiger partial charge in [-0.1, -0.05) is 25.1 Å². The van der Waals surface area contributed by atoms with Crippen molar-refractivity contribution in [2.24, 2.45) is 5.92 Å². The molecule has 0 radical (unpaired) electrons. The Hall–Kier alpha value is -1.02. The van der Waals surface area contributed by atoms with Gasteiger partial charge in [-0.05, 0) is 6.07 Å². The second-order valence-corrected chi connectivity index (χ2v) is 3.60. The predicted molar refractivity (Wildman–Crippen MR) is 53.8 cm³/mol. The first-order valence-corrected chi connectivity index (χ1v) is 4.68. The number of benzene rings is 1. The molecule has 2 unspecified atom stereocenters. The average molecular weight is 177 g/mol. The Morgan fingerprint density at radius 1 is 1.38 bits per heavy atom. The van der Waals surface area contributed by atoms with Crippen LogP contribution in [0.3, 0.4) is 0 Å². The van der Waals surface area contributed by atoms with E-state index in [1.165, 1.54) is 11.3 Å². The number of fused-ring (bicyclic) bond motifs is 1. The highest BCUT2D eigenvalue weighted by Crippen LogP contribution is 2.34. The third kappa shape index (κ3) is 1.42. The monoisotopic (exact) mass is 177 g/mol. The SMILES string of the molecule is COC1c2ccccc2NCC1C. The molecular formula is C11H15NO. The minimum absolute atomic E-state index is 0.248. The van der Waals surface area contributed by atoms with Crippen molar-refractivity contribution in [1.29, 1.82) is 0 Å². The van der Waals surface area contributed by atoms with Gasteiger partial charge in [0.2, 0.25) is 0 Å². The van der Waals surface area contributed by atoms with Crippen LogP contribution in [0.2, 0.25) is 0 Å². The van der Waals surface area contributed by atoms with Gasteiger partial charge in [0.05, 0.1) is 6.10 Å². The van der Waals surface area contributed by atoms with Crippen LogP contribution in [0, 0.1) is 5.92 Å². The first-order chi connectivity index (χ1) is 6.33. The van der Waals surface area contributed by atoms with Crippen molar-refractivity contribution in [2.75, 3.05) is 19.0 Å². The second kappa shape index (κ2) is 3.38. The number of hydrogen-bond acceptors (Lipinski definition) is 2. The normalized spacial score (nSPS) is 26.3. The average Bonchev–Trinajstić information content (AvgIpc) is 2.18. The van der Waals surface area contributed by atoms with Gasteiger partial charge in [0.15, 0.2) is 0 Å². The fourth-order valence-electron chi connectivity index (χ4n) is 1.95. The summed E-state index contributed by atoms with van der Waals surface area (Å²) < 4.78 is 5.49. The molecule has 2 nitrogen and oxygen atoms in total. The van der Waals surface area contributed by atoms with Crippen molar-refractivity contribution in [3.8, 4) is 0 Å². The summed E-state index contributed by atoms with van der Waals surface area (Å²) in [5.74, 6) is 0.542. The fourth-order valence-corrected chi connectivity index (χ4v) is 1.95. The molecule has 0 saturated carbocycles. The summed E-state index contributed by atoms with van der Waals surface area (Å²) in [7, 11) is 1.78. The highest BCUT2D eigenvalue weighted by molar-refractivity contribution is 5.54. The molecule has 0 saturated heterocycles. The molecule has 1 aliphatic rings. The van der Waals surface area contributed by atoms with E-state index in [1.54, 1.807) is 7.11 Å². The smallest absolute Gasteiger partial charge is 0.0883 e. The van der Waals surface area contributed by atoms with Crippen molar-refractivity contribution < 1.29 is 4.74 Å². The third-order valence-corrected chi connectivity index (χ3v) is 2.65. The lowest BCUT2D eigenvalue weighted by atomic mass is 9.92. The number of methoxy groups -OCH3 is 1. The standard InChI is InChI=1S/C11H15NO/c1-8-7-12-10-6-4-3-5-9(10)11(8)13-2/h3-6,8,11-12H,7H2,1-2H3. The summed E-state index contributed by atoms with van der Waals surface area (Å²) in [6, 6.07) is 8.35. The molecule has 1 aromatic rings. The van der Waals surface area contributed by atoms with E-state index in [2.05, 4.69) is 36.5 Å². The van der Waals surface area contributed by atoms with Gasteiger partial charge >= 0.3 is 0 Å². The van der Waals surface area contributed by atoms with Gasteiger partial charge in [-0.3, -0.25) is 0 Å². The molecule has 0 bridgehead atoms. The van der Waals surface area contributed by atoms with Crippen LogP contribution in [0.4, 0.5) is 5.69 Å². The van der Waals surface area contributed by atoms with E-state index in [0.29, 0.717) is 5.92 Å². The fraction of sp³-hybridized carbons (Fsp3) is 0.455. The van der Waals surface area contributed by atoms with Gasteiger partial charge in [-0.2, -0.15) is 0 Å². The van der Waals surface area contributed by atoms with Crippen LogP contribution < -0.4 is 5.32 Å². The lowest BCUT2D eigenvalue weighted by molar-refractivity contribution is 0.0596. The number of rotatable bonds is 1. The van der Waals surface area contributed by atoms with E-state index >= 15 is 0 Å². The van der Waals surface area contributed by atoms with E-state index in [0.717, 1.165) is 6.54 Å². The molecule has 0 fully saturated rings. The van der Waals surface area contributed by atoms with Crippen LogP contribution in [-0.4, -0.2) is 13.7 Å². The molecular weight excluding hydrogens is 162 g/mol. The zero-order valence-corrected chi connectivity index (χ0v) is 8.08. The Morgan fingerprint density at radius 3 is 2.92 bits per heavy atom. The summed E-state index contributed by atoms with van der Waals surface area (Å²) in [4.78, 5) is 0. The maximum Gasteiger partial charge on any atom is 0.0883 e. The Bertz CT molecular complexity index is 298. The van der Waals surface area contributed by atoms with E-state index < -0.39 is 0 Å². The largest absolute Gasteiger partial charge is 0.384 e. The number of ether oxygens (including phenoxy) is 1. The van der Waals surface area contributed by atoms with Gasteiger partial charge in [-0.15, -0.1) is 0 Å². The Kier molecular flexibility index (Phi) is 2.23. The van der Waals surface area contributed by atoms with Crippen LogP contribution in [0.25, 0.3) is 0 Å². The van der Waals surface area contributed by atoms with Crippen molar-refractivity contribution in [2.45, 2.75) is 13.0 Å². The molecule has 13 heavy (non-hydrogen) atoms. The van der Waals surface area contributed by atoms with Gasteiger partial charge < -0.3 is 10.1 Å². The molecule has 1 N–H and O–H groups in total. The number of para-hydroxylation sites is 1. The van der Waals surface area contributed by atoms with Crippen molar-refractivity contribution in [3.05, 3.63) is 29.8 Å². The number of hydrogen-bond donors (Lipinski definition) is 1. The van der Waals surface area contributed by atoms with E-state index in [9.17, 15) is 0 Å².